The summed E-state index contributed by atoms with van der Waals surface area (Å²) >= 11 is 0. The van der Waals surface area contributed by atoms with Gasteiger partial charge in [-0.15, -0.1) is 0 Å². The summed E-state index contributed by atoms with van der Waals surface area (Å²) in [5.41, 5.74) is 4.05. The summed E-state index contributed by atoms with van der Waals surface area (Å²) in [7, 11) is 2.13. The normalized spacial score (nSPS) is 20.0. The number of amides is 2. The number of carbonyl (C=O) groups is 1. The van der Waals surface area contributed by atoms with E-state index in [0.717, 1.165) is 74.5 Å². The molecule has 1 atom stereocenters. The summed E-state index contributed by atoms with van der Waals surface area (Å²) in [5, 5.41) is 5.56. The van der Waals surface area contributed by atoms with Crippen LogP contribution in [0.3, 0.4) is 0 Å². The molecule has 0 aliphatic carbocycles. The van der Waals surface area contributed by atoms with E-state index in [1.807, 2.05) is 31.2 Å². The molecule has 1 aromatic carbocycles. The molecule has 2 N–H and O–H groups in total. The van der Waals surface area contributed by atoms with Crippen molar-refractivity contribution < 1.29 is 17.1 Å². The van der Waals surface area contributed by atoms with Gasteiger partial charge in [0.25, 0.3) is 0 Å². The van der Waals surface area contributed by atoms with E-state index < -0.39 is 0 Å². The molecule has 3 aliphatic heterocycles. The van der Waals surface area contributed by atoms with Gasteiger partial charge in [0.1, 0.15) is 5.82 Å². The predicted molar refractivity (Wildman–Crippen MR) is 142 cm³/mol. The molecule has 194 valence electrons. The van der Waals surface area contributed by atoms with Crippen molar-refractivity contribution in [2.24, 2.45) is 0 Å². The molecule has 2 amide bonds. The van der Waals surface area contributed by atoms with E-state index in [0.29, 0.717) is 13.2 Å². The van der Waals surface area contributed by atoms with Crippen LogP contribution < -0.4 is 15.5 Å². The Hall–Kier alpha value is -2.75. The fourth-order valence-corrected chi connectivity index (χ4v) is 4.50. The first-order valence-electron chi connectivity index (χ1n) is 12.7. The largest absolute Gasteiger partial charge is 0.381 e. The van der Waals surface area contributed by atoms with E-state index >= 15 is 0 Å². The average Bonchev–Trinajstić information content (AvgIpc) is 3.45. The third-order valence-electron chi connectivity index (χ3n) is 6.44. The lowest BCUT2D eigenvalue weighted by molar-refractivity contribution is 0.0983. The zero-order valence-electron chi connectivity index (χ0n) is 21.2. The van der Waals surface area contributed by atoms with Gasteiger partial charge in [0.05, 0.1) is 24.9 Å². The minimum atomic E-state index is -0.207. The van der Waals surface area contributed by atoms with E-state index in [9.17, 15) is 4.79 Å². The molecule has 0 radical (unpaired) electrons. The maximum absolute atomic E-state index is 11.7. The van der Waals surface area contributed by atoms with Gasteiger partial charge in [-0.3, -0.25) is 0 Å². The van der Waals surface area contributed by atoms with Crippen LogP contribution in [0.5, 0.6) is 0 Å². The number of fused-ring (bicyclic) bond motifs is 1. The van der Waals surface area contributed by atoms with E-state index in [1.165, 1.54) is 18.4 Å². The van der Waals surface area contributed by atoms with Crippen molar-refractivity contribution in [1.82, 2.24) is 20.2 Å². The molecule has 0 saturated carbocycles. The third-order valence-corrected chi connectivity index (χ3v) is 6.44. The molecule has 3 aliphatic rings. The number of urea groups is 1. The van der Waals surface area contributed by atoms with Crippen LogP contribution in [0, 0.1) is 0 Å². The molecular formula is C26H42N6O3. The van der Waals surface area contributed by atoms with Crippen LogP contribution in [-0.4, -0.2) is 80.1 Å². The highest BCUT2D eigenvalue weighted by Gasteiger charge is 2.28. The van der Waals surface area contributed by atoms with E-state index in [4.69, 9.17) is 19.4 Å². The molecule has 2 aromatic rings. The number of rotatable bonds is 4. The van der Waals surface area contributed by atoms with Crippen LogP contribution in [0.25, 0.3) is 11.4 Å². The van der Waals surface area contributed by atoms with Crippen LogP contribution in [0.1, 0.15) is 40.8 Å². The minimum absolute atomic E-state index is 0. The van der Waals surface area contributed by atoms with Crippen molar-refractivity contribution in [1.29, 1.82) is 0 Å². The molecule has 5 rings (SSSR count). The van der Waals surface area contributed by atoms with Crippen LogP contribution in [0.2, 0.25) is 0 Å². The number of hydrogen-bond donors (Lipinski definition) is 2. The van der Waals surface area contributed by atoms with Gasteiger partial charge in [0.15, 0.2) is 5.82 Å². The van der Waals surface area contributed by atoms with Crippen LogP contribution in [0.4, 0.5) is 16.3 Å². The number of nitrogens with zero attached hydrogens (tertiary/aromatic N) is 4. The summed E-state index contributed by atoms with van der Waals surface area (Å²) in [6, 6.07) is 7.77. The Balaban J connectivity index is 0.000000617. The van der Waals surface area contributed by atoms with E-state index in [-0.39, 0.29) is 14.9 Å². The molecule has 0 spiro atoms. The molecule has 0 bridgehead atoms. The number of benzene rings is 1. The molecule has 2 fully saturated rings. The molecule has 1 aromatic heterocycles. The highest BCUT2D eigenvalue weighted by atomic mass is 16.5. The van der Waals surface area contributed by atoms with E-state index in [2.05, 4.69) is 34.4 Å². The molecule has 35 heavy (non-hydrogen) atoms. The number of aromatic nitrogens is 2. The monoisotopic (exact) mass is 486 g/mol. The lowest BCUT2D eigenvalue weighted by atomic mass is 10.0. The highest BCUT2D eigenvalue weighted by Crippen LogP contribution is 2.31. The maximum Gasteiger partial charge on any atom is 0.319 e. The second-order valence-electron chi connectivity index (χ2n) is 9.28. The van der Waals surface area contributed by atoms with Crippen molar-refractivity contribution in [2.75, 3.05) is 63.3 Å². The quantitative estimate of drug-likeness (QED) is 0.679. The topological polar surface area (TPSA) is 91.8 Å². The van der Waals surface area contributed by atoms with Crippen molar-refractivity contribution in [2.45, 2.75) is 45.7 Å². The first kappa shape index (κ1) is 25.3. The lowest BCUT2D eigenvalue weighted by Gasteiger charge is -2.37. The summed E-state index contributed by atoms with van der Waals surface area (Å²) < 4.78 is 10.6. The van der Waals surface area contributed by atoms with Gasteiger partial charge in [-0.05, 0) is 64.4 Å². The number of carbonyl (C=O) groups excluding carboxylic acids is 1. The third kappa shape index (κ3) is 6.68. The van der Waals surface area contributed by atoms with E-state index in [1.54, 1.807) is 0 Å². The van der Waals surface area contributed by atoms with Crippen LogP contribution in [0.15, 0.2) is 24.3 Å². The van der Waals surface area contributed by atoms with Gasteiger partial charge in [0.2, 0.25) is 0 Å². The van der Waals surface area contributed by atoms with Gasteiger partial charge in [0, 0.05) is 59.1 Å². The molecule has 9 nitrogen and oxygen atoms in total. The summed E-state index contributed by atoms with van der Waals surface area (Å²) in [4.78, 5) is 26.3. The zero-order chi connectivity index (χ0) is 24.6. The van der Waals surface area contributed by atoms with Crippen molar-refractivity contribution in [3.63, 3.8) is 0 Å². The predicted octanol–water partition coefficient (Wildman–Crippen LogP) is 3.79. The van der Waals surface area contributed by atoms with Gasteiger partial charge >= 0.3 is 6.03 Å². The van der Waals surface area contributed by atoms with Gasteiger partial charge in [-0.2, -0.15) is 0 Å². The molecular weight excluding hydrogens is 444 g/mol. The second-order valence-corrected chi connectivity index (χ2v) is 9.28. The first-order valence-corrected chi connectivity index (χ1v) is 12.7. The summed E-state index contributed by atoms with van der Waals surface area (Å²) in [6.45, 7) is 10.8. The number of anilines is 2. The molecule has 2 saturated heterocycles. The Morgan fingerprint density at radius 2 is 1.89 bits per heavy atom. The summed E-state index contributed by atoms with van der Waals surface area (Å²) in [6.07, 6.45) is 3.51. The smallest absolute Gasteiger partial charge is 0.319 e. The summed E-state index contributed by atoms with van der Waals surface area (Å²) in [5.74, 6) is 1.77. The fraction of sp³-hybridized carbons (Fsp3) is 0.577. The molecule has 0 unspecified atom stereocenters. The highest BCUT2D eigenvalue weighted by molar-refractivity contribution is 5.89. The van der Waals surface area contributed by atoms with Crippen molar-refractivity contribution >= 4 is 17.5 Å². The second kappa shape index (κ2) is 12.3. The SMILES string of the molecule is C1CCOC1.CCNC(=O)Nc1ccc(-c2nc3c(c(N4CCOC[C@@H]4C)n2)CCN(C)C3)cc1.[HH].[HH]. The molecule has 4 heterocycles. The van der Waals surface area contributed by atoms with Crippen LogP contribution in [-0.2, 0) is 22.4 Å². The average molecular weight is 487 g/mol. The first-order chi connectivity index (χ1) is 17.0. The molecule has 9 heteroatoms. The Labute approximate surface area is 211 Å². The minimum Gasteiger partial charge on any atom is -0.381 e. The number of nitrogens with one attached hydrogen (secondary N) is 2. The zero-order valence-corrected chi connectivity index (χ0v) is 21.2. The number of hydrogen-bond acceptors (Lipinski definition) is 7. The fourth-order valence-electron chi connectivity index (χ4n) is 4.50. The van der Waals surface area contributed by atoms with Crippen molar-refractivity contribution in [3.05, 3.63) is 35.5 Å². The lowest BCUT2D eigenvalue weighted by Crippen LogP contribution is -2.45. The Morgan fingerprint density at radius 3 is 2.54 bits per heavy atom. The Kier molecular flexibility index (Phi) is 8.90. The van der Waals surface area contributed by atoms with Gasteiger partial charge in [-0.1, -0.05) is 0 Å². The van der Waals surface area contributed by atoms with Crippen molar-refractivity contribution in [3.8, 4) is 11.4 Å². The van der Waals surface area contributed by atoms with Crippen LogP contribution >= 0.6 is 0 Å². The van der Waals surface area contributed by atoms with Gasteiger partial charge < -0.3 is 29.9 Å². The Morgan fingerprint density at radius 1 is 1.11 bits per heavy atom. The standard InChI is InChI=1S/C22H30N6O2.C4H8O.2H2/c1-4-23-22(29)24-17-7-5-16(6-8-17)20-25-19-13-27(3)10-9-18(19)21(26-20)28-11-12-30-14-15(28)2;1-2-4-5-3-1;;/h5-8,15H,4,9-14H2,1-3H3,(H2,23,24,29);1-4H2;2*1H/t15-;;;/m0.../s1. The maximum atomic E-state index is 11.7. The number of morpholine rings is 1. The Bertz CT molecular complexity index is 983. The number of likely N-dealkylation sites (N-methyl/N-ethyl adjacent to an activating group) is 1. The van der Waals surface area contributed by atoms with Gasteiger partial charge in [-0.25, -0.2) is 14.8 Å². The number of ether oxygens (including phenoxy) is 2.